The van der Waals surface area contributed by atoms with E-state index in [0.29, 0.717) is 12.3 Å². The molecule has 0 aliphatic heterocycles. The largest absolute Gasteiger partial charge is 0.354 e. The minimum Gasteiger partial charge on any atom is -0.354 e. The van der Waals surface area contributed by atoms with Gasteiger partial charge in [0.05, 0.1) is 6.04 Å². The van der Waals surface area contributed by atoms with Crippen LogP contribution in [0.2, 0.25) is 0 Å². The van der Waals surface area contributed by atoms with Crippen LogP contribution < -0.4 is 11.1 Å². The van der Waals surface area contributed by atoms with Crippen LogP contribution in [0.4, 0.5) is 0 Å². The van der Waals surface area contributed by atoms with Crippen LogP contribution in [0.5, 0.6) is 0 Å². The molecule has 1 amide bonds. The summed E-state index contributed by atoms with van der Waals surface area (Å²) in [6.45, 7) is 2.23. The highest BCUT2D eigenvalue weighted by Gasteiger charge is 2.03. The minimum absolute atomic E-state index is 0. The van der Waals surface area contributed by atoms with Gasteiger partial charge < -0.3 is 11.1 Å². The molecule has 0 radical (unpaired) electrons. The molecule has 3 N–H and O–H groups in total. The Kier molecular flexibility index (Phi) is 9.13. The lowest BCUT2D eigenvalue weighted by molar-refractivity contribution is -0.121. The minimum atomic E-state index is -0.412. The predicted octanol–water partition coefficient (Wildman–Crippen LogP) is -0.199. The van der Waals surface area contributed by atoms with E-state index in [2.05, 4.69) is 17.9 Å². The van der Waals surface area contributed by atoms with Crippen LogP contribution in [0.1, 0.15) is 6.92 Å². The Morgan fingerprint density at radius 2 is 2.30 bits per heavy atom. The molecular weight excluding hydrogens is 172 g/mol. The van der Waals surface area contributed by atoms with E-state index in [1.807, 2.05) is 0 Å². The molecule has 0 aromatic carbocycles. The molecule has 0 aromatic heterocycles. The number of carbonyl (C=O) groups excluding carboxylic acids is 1. The molecule has 3 nitrogen and oxygen atoms in total. The maximum Gasteiger partial charge on any atom is 0.236 e. The van der Waals surface area contributed by atoms with Crippen LogP contribution in [0.3, 0.4) is 0 Å². The maximum absolute atomic E-state index is 10.6. The number of hydrogen-bond donors (Lipinski definition) is 3. The van der Waals surface area contributed by atoms with Gasteiger partial charge in [0.2, 0.25) is 5.91 Å². The smallest absolute Gasteiger partial charge is 0.236 e. The number of nitrogens with two attached hydrogens (primary N) is 1. The van der Waals surface area contributed by atoms with Gasteiger partial charge >= 0.3 is 0 Å². The summed E-state index contributed by atoms with van der Waals surface area (Å²) in [5.41, 5.74) is 5.24. The Labute approximate surface area is 72.6 Å². The van der Waals surface area contributed by atoms with Gasteiger partial charge in [-0.2, -0.15) is 12.6 Å². The van der Waals surface area contributed by atoms with Gasteiger partial charge in [0.15, 0.2) is 0 Å². The van der Waals surface area contributed by atoms with E-state index in [1.165, 1.54) is 0 Å². The topological polar surface area (TPSA) is 55.1 Å². The van der Waals surface area contributed by atoms with Crippen LogP contribution in [0.15, 0.2) is 0 Å². The zero-order valence-electron chi connectivity index (χ0n) is 5.83. The van der Waals surface area contributed by atoms with Gasteiger partial charge in [-0.1, -0.05) is 0 Å². The summed E-state index contributed by atoms with van der Waals surface area (Å²) in [7, 11) is 0. The standard InChI is InChI=1S/C5H12N2OS.ClH/c1-4(6)5(8)7-2-3-9;/h4,9H,2-3,6H2,1H3,(H,7,8);1H. The fraction of sp³-hybridized carbons (Fsp3) is 0.800. The fourth-order valence-electron chi connectivity index (χ4n) is 0.340. The van der Waals surface area contributed by atoms with Gasteiger partial charge in [-0.15, -0.1) is 12.4 Å². The van der Waals surface area contributed by atoms with Crippen molar-refractivity contribution < 1.29 is 4.79 Å². The molecule has 10 heavy (non-hydrogen) atoms. The molecule has 0 bridgehead atoms. The van der Waals surface area contributed by atoms with Gasteiger partial charge in [-0.05, 0) is 6.92 Å². The zero-order valence-corrected chi connectivity index (χ0v) is 7.54. The average molecular weight is 185 g/mol. The number of hydrogen-bond acceptors (Lipinski definition) is 3. The van der Waals surface area contributed by atoms with Gasteiger partial charge in [-0.25, -0.2) is 0 Å². The van der Waals surface area contributed by atoms with Crippen molar-refractivity contribution in [3.05, 3.63) is 0 Å². The van der Waals surface area contributed by atoms with Crippen LogP contribution in [-0.2, 0) is 4.79 Å². The second-order valence-electron chi connectivity index (χ2n) is 1.80. The molecule has 1 atom stereocenters. The number of amides is 1. The van der Waals surface area contributed by atoms with Crippen LogP contribution in [-0.4, -0.2) is 24.2 Å². The van der Waals surface area contributed by atoms with Crippen molar-refractivity contribution in [2.75, 3.05) is 12.3 Å². The molecule has 0 heterocycles. The summed E-state index contributed by atoms with van der Waals surface area (Å²) in [6.07, 6.45) is 0. The summed E-state index contributed by atoms with van der Waals surface area (Å²) in [4.78, 5) is 10.6. The van der Waals surface area contributed by atoms with Gasteiger partial charge in [0, 0.05) is 12.3 Å². The van der Waals surface area contributed by atoms with Crippen molar-refractivity contribution >= 4 is 30.9 Å². The number of nitrogens with one attached hydrogen (secondary N) is 1. The van der Waals surface area contributed by atoms with Gasteiger partial charge in [-0.3, -0.25) is 4.79 Å². The van der Waals surface area contributed by atoms with E-state index >= 15 is 0 Å². The first-order chi connectivity index (χ1) is 4.18. The SMILES string of the molecule is CC(N)C(=O)NCCS.Cl. The van der Waals surface area contributed by atoms with Crippen molar-refractivity contribution in [1.29, 1.82) is 0 Å². The van der Waals surface area contributed by atoms with Gasteiger partial charge in [0.1, 0.15) is 0 Å². The highest BCUT2D eigenvalue weighted by Crippen LogP contribution is 1.74. The van der Waals surface area contributed by atoms with Gasteiger partial charge in [0.25, 0.3) is 0 Å². The molecule has 0 rings (SSSR count). The number of thiol groups is 1. The molecular formula is C5H13ClN2OS. The number of rotatable bonds is 3. The second kappa shape index (κ2) is 7.18. The van der Waals surface area contributed by atoms with Crippen LogP contribution >= 0.6 is 25.0 Å². The molecule has 0 aliphatic carbocycles. The summed E-state index contributed by atoms with van der Waals surface area (Å²) in [5.74, 6) is 0.530. The highest BCUT2D eigenvalue weighted by atomic mass is 35.5. The first-order valence-corrected chi connectivity index (χ1v) is 3.46. The van der Waals surface area contributed by atoms with Crippen molar-refractivity contribution in [2.24, 2.45) is 5.73 Å². The average Bonchev–Trinajstić information content (AvgIpc) is 1.82. The normalized spacial score (nSPS) is 11.5. The molecule has 0 saturated carbocycles. The molecule has 5 heteroatoms. The Morgan fingerprint density at radius 1 is 1.80 bits per heavy atom. The van der Waals surface area contributed by atoms with E-state index in [9.17, 15) is 4.79 Å². The maximum atomic E-state index is 10.6. The third-order valence-corrected chi connectivity index (χ3v) is 1.05. The Hall–Kier alpha value is 0.0700. The molecule has 0 spiro atoms. The lowest BCUT2D eigenvalue weighted by Gasteiger charge is -2.04. The fourth-order valence-corrected chi connectivity index (χ4v) is 0.452. The third-order valence-electron chi connectivity index (χ3n) is 0.825. The quantitative estimate of drug-likeness (QED) is 0.533. The summed E-state index contributed by atoms with van der Waals surface area (Å²) in [5, 5.41) is 2.59. The Morgan fingerprint density at radius 3 is 2.60 bits per heavy atom. The first kappa shape index (κ1) is 12.7. The Balaban J connectivity index is 0. The van der Waals surface area contributed by atoms with E-state index in [-0.39, 0.29) is 18.3 Å². The first-order valence-electron chi connectivity index (χ1n) is 2.82. The number of carbonyl (C=O) groups is 1. The van der Waals surface area contributed by atoms with E-state index < -0.39 is 6.04 Å². The summed E-state index contributed by atoms with van der Waals surface area (Å²) < 4.78 is 0. The lowest BCUT2D eigenvalue weighted by atomic mass is 10.3. The summed E-state index contributed by atoms with van der Waals surface area (Å²) in [6, 6.07) is -0.412. The zero-order chi connectivity index (χ0) is 7.28. The van der Waals surface area contributed by atoms with E-state index in [4.69, 9.17) is 5.73 Å². The molecule has 0 fully saturated rings. The predicted molar refractivity (Wildman–Crippen MR) is 47.8 cm³/mol. The van der Waals surface area contributed by atoms with Crippen LogP contribution in [0.25, 0.3) is 0 Å². The summed E-state index contributed by atoms with van der Waals surface area (Å²) >= 11 is 3.91. The number of halogens is 1. The molecule has 0 aliphatic rings. The third kappa shape index (κ3) is 6.19. The van der Waals surface area contributed by atoms with Crippen LogP contribution in [0, 0.1) is 0 Å². The van der Waals surface area contributed by atoms with E-state index in [0.717, 1.165) is 0 Å². The monoisotopic (exact) mass is 184 g/mol. The highest BCUT2D eigenvalue weighted by molar-refractivity contribution is 7.80. The van der Waals surface area contributed by atoms with Crippen molar-refractivity contribution in [2.45, 2.75) is 13.0 Å². The molecule has 0 aromatic rings. The Bertz CT molecular complexity index is 99.6. The second-order valence-corrected chi connectivity index (χ2v) is 2.25. The van der Waals surface area contributed by atoms with Crippen molar-refractivity contribution in [3.8, 4) is 0 Å². The van der Waals surface area contributed by atoms with E-state index in [1.54, 1.807) is 6.92 Å². The lowest BCUT2D eigenvalue weighted by Crippen LogP contribution is -2.39. The molecule has 62 valence electrons. The van der Waals surface area contributed by atoms with Crippen molar-refractivity contribution in [3.63, 3.8) is 0 Å². The molecule has 0 saturated heterocycles. The molecule has 1 unspecified atom stereocenters. The van der Waals surface area contributed by atoms with Crippen molar-refractivity contribution in [1.82, 2.24) is 5.32 Å².